The molecule has 0 heterocycles. The van der Waals surface area contributed by atoms with E-state index >= 15 is 0 Å². The third-order valence-corrected chi connectivity index (χ3v) is 3.04. The second kappa shape index (κ2) is 6.92. The number of carbonyl (C=O) groups is 2. The number of hydrogen-bond acceptors (Lipinski definition) is 2. The van der Waals surface area contributed by atoms with E-state index in [4.69, 9.17) is 5.11 Å². The zero-order valence-corrected chi connectivity index (χ0v) is 11.6. The molecule has 1 amide bonds. The highest BCUT2D eigenvalue weighted by atomic mass is 16.4. The standard InChI is InChI=1S/C15H21NO3/c1-10(2)13-7-4-12(5-8-13)6-9-14(17)16-11(3)15(18)19/h4-5,7-8,10-11H,6,9H2,1-3H3,(H,16,17)(H,18,19). The van der Waals surface area contributed by atoms with Crippen molar-refractivity contribution in [3.63, 3.8) is 0 Å². The minimum absolute atomic E-state index is 0.233. The number of carboxylic acids is 1. The number of aliphatic carboxylic acids is 1. The van der Waals surface area contributed by atoms with Gasteiger partial charge >= 0.3 is 5.97 Å². The molecule has 1 rings (SSSR count). The summed E-state index contributed by atoms with van der Waals surface area (Å²) in [4.78, 5) is 22.1. The van der Waals surface area contributed by atoms with E-state index in [-0.39, 0.29) is 5.91 Å². The van der Waals surface area contributed by atoms with Crippen molar-refractivity contribution in [3.05, 3.63) is 35.4 Å². The van der Waals surface area contributed by atoms with E-state index in [0.29, 0.717) is 18.8 Å². The van der Waals surface area contributed by atoms with Crippen LogP contribution in [0.1, 0.15) is 44.2 Å². The first-order valence-electron chi connectivity index (χ1n) is 6.51. The van der Waals surface area contributed by atoms with Crippen molar-refractivity contribution in [3.8, 4) is 0 Å². The molecule has 4 heteroatoms. The SMILES string of the molecule is CC(NC(=O)CCc1ccc(C(C)C)cc1)C(=O)O. The highest BCUT2D eigenvalue weighted by Gasteiger charge is 2.13. The molecule has 2 N–H and O–H groups in total. The van der Waals surface area contributed by atoms with Gasteiger partial charge in [0.05, 0.1) is 0 Å². The summed E-state index contributed by atoms with van der Waals surface area (Å²) < 4.78 is 0. The van der Waals surface area contributed by atoms with Gasteiger partial charge in [0, 0.05) is 6.42 Å². The minimum Gasteiger partial charge on any atom is -0.480 e. The Morgan fingerprint density at radius 2 is 1.74 bits per heavy atom. The molecule has 0 saturated carbocycles. The molecule has 19 heavy (non-hydrogen) atoms. The van der Waals surface area contributed by atoms with Gasteiger partial charge < -0.3 is 10.4 Å². The largest absolute Gasteiger partial charge is 0.480 e. The topological polar surface area (TPSA) is 66.4 Å². The van der Waals surface area contributed by atoms with Gasteiger partial charge in [0.25, 0.3) is 0 Å². The fourth-order valence-electron chi connectivity index (χ4n) is 1.70. The normalized spacial score (nSPS) is 12.2. The van der Waals surface area contributed by atoms with Gasteiger partial charge in [-0.25, -0.2) is 0 Å². The predicted molar refractivity (Wildman–Crippen MR) is 74.1 cm³/mol. The number of hydrogen-bond donors (Lipinski definition) is 2. The fourth-order valence-corrected chi connectivity index (χ4v) is 1.70. The van der Waals surface area contributed by atoms with Crippen LogP contribution in [0.5, 0.6) is 0 Å². The average molecular weight is 263 g/mol. The molecule has 1 aromatic carbocycles. The Hall–Kier alpha value is -1.84. The lowest BCUT2D eigenvalue weighted by atomic mass is 10.0. The van der Waals surface area contributed by atoms with Gasteiger partial charge in [-0.05, 0) is 30.4 Å². The maximum atomic E-state index is 11.5. The quantitative estimate of drug-likeness (QED) is 0.827. The fraction of sp³-hybridized carbons (Fsp3) is 0.467. The van der Waals surface area contributed by atoms with Crippen LogP contribution in [-0.4, -0.2) is 23.0 Å². The van der Waals surface area contributed by atoms with Crippen molar-refractivity contribution in [1.29, 1.82) is 0 Å². The highest BCUT2D eigenvalue weighted by Crippen LogP contribution is 2.15. The highest BCUT2D eigenvalue weighted by molar-refractivity contribution is 5.83. The third kappa shape index (κ3) is 5.12. The van der Waals surface area contributed by atoms with Crippen LogP contribution in [0.15, 0.2) is 24.3 Å². The molecule has 0 radical (unpaired) electrons. The van der Waals surface area contributed by atoms with Gasteiger partial charge in [0.2, 0.25) is 5.91 Å². The van der Waals surface area contributed by atoms with Crippen LogP contribution in [0.4, 0.5) is 0 Å². The molecule has 0 bridgehead atoms. The maximum Gasteiger partial charge on any atom is 0.325 e. The Labute approximate surface area is 113 Å². The van der Waals surface area contributed by atoms with Crippen LogP contribution in [0, 0.1) is 0 Å². The molecule has 0 saturated heterocycles. The van der Waals surface area contributed by atoms with Gasteiger partial charge in [-0.1, -0.05) is 38.1 Å². The molecule has 104 valence electrons. The van der Waals surface area contributed by atoms with Crippen LogP contribution in [0.2, 0.25) is 0 Å². The molecule has 0 aromatic heterocycles. The molecule has 1 aromatic rings. The van der Waals surface area contributed by atoms with E-state index in [9.17, 15) is 9.59 Å². The molecule has 0 aliphatic heterocycles. The predicted octanol–water partition coefficient (Wildman–Crippen LogP) is 2.33. The summed E-state index contributed by atoms with van der Waals surface area (Å²) in [5, 5.41) is 11.1. The van der Waals surface area contributed by atoms with E-state index < -0.39 is 12.0 Å². The van der Waals surface area contributed by atoms with Crippen molar-refractivity contribution in [1.82, 2.24) is 5.32 Å². The summed E-state index contributed by atoms with van der Waals surface area (Å²) >= 11 is 0. The second-order valence-electron chi connectivity index (χ2n) is 5.02. The molecular weight excluding hydrogens is 242 g/mol. The molecule has 4 nitrogen and oxygen atoms in total. The van der Waals surface area contributed by atoms with Crippen molar-refractivity contribution in [2.24, 2.45) is 0 Å². The van der Waals surface area contributed by atoms with Gasteiger partial charge in [0.1, 0.15) is 6.04 Å². The van der Waals surface area contributed by atoms with Crippen molar-refractivity contribution < 1.29 is 14.7 Å². The van der Waals surface area contributed by atoms with E-state index in [1.165, 1.54) is 12.5 Å². The smallest absolute Gasteiger partial charge is 0.325 e. The van der Waals surface area contributed by atoms with Crippen LogP contribution in [0.3, 0.4) is 0 Å². The second-order valence-corrected chi connectivity index (χ2v) is 5.02. The van der Waals surface area contributed by atoms with Crippen LogP contribution in [-0.2, 0) is 16.0 Å². The molecule has 0 fully saturated rings. The van der Waals surface area contributed by atoms with Gasteiger partial charge in [-0.2, -0.15) is 0 Å². The summed E-state index contributed by atoms with van der Waals surface area (Å²) in [7, 11) is 0. The Balaban J connectivity index is 2.44. The van der Waals surface area contributed by atoms with Gasteiger partial charge in [-0.15, -0.1) is 0 Å². The average Bonchev–Trinajstić information content (AvgIpc) is 2.36. The monoisotopic (exact) mass is 263 g/mol. The number of benzene rings is 1. The molecular formula is C15H21NO3. The van der Waals surface area contributed by atoms with Crippen LogP contribution in [0.25, 0.3) is 0 Å². The number of carbonyl (C=O) groups excluding carboxylic acids is 1. The van der Waals surface area contributed by atoms with Crippen molar-refractivity contribution in [2.45, 2.75) is 45.6 Å². The van der Waals surface area contributed by atoms with E-state index in [1.807, 2.05) is 12.1 Å². The number of nitrogens with one attached hydrogen (secondary N) is 1. The molecule has 1 unspecified atom stereocenters. The summed E-state index contributed by atoms with van der Waals surface area (Å²) in [6.07, 6.45) is 0.926. The number of rotatable bonds is 6. The first-order chi connectivity index (χ1) is 8.90. The Bertz CT molecular complexity index is 437. The summed E-state index contributed by atoms with van der Waals surface area (Å²) in [6.45, 7) is 5.73. The van der Waals surface area contributed by atoms with Gasteiger partial charge in [0.15, 0.2) is 0 Å². The summed E-state index contributed by atoms with van der Waals surface area (Å²) in [6, 6.07) is 7.33. The molecule has 0 aliphatic carbocycles. The third-order valence-electron chi connectivity index (χ3n) is 3.04. The lowest BCUT2D eigenvalue weighted by Crippen LogP contribution is -2.38. The molecule has 0 aliphatic rings. The first kappa shape index (κ1) is 15.2. The van der Waals surface area contributed by atoms with E-state index in [0.717, 1.165) is 5.56 Å². The zero-order chi connectivity index (χ0) is 14.4. The number of carboxylic acid groups (broad SMARTS) is 1. The van der Waals surface area contributed by atoms with E-state index in [1.54, 1.807) is 0 Å². The lowest BCUT2D eigenvalue weighted by Gasteiger charge is -2.10. The number of aryl methyl sites for hydroxylation is 1. The van der Waals surface area contributed by atoms with E-state index in [2.05, 4.69) is 31.3 Å². The maximum absolute atomic E-state index is 11.5. The lowest BCUT2D eigenvalue weighted by molar-refractivity contribution is -0.141. The van der Waals surface area contributed by atoms with Crippen molar-refractivity contribution in [2.75, 3.05) is 0 Å². The number of amides is 1. The van der Waals surface area contributed by atoms with Crippen LogP contribution >= 0.6 is 0 Å². The first-order valence-corrected chi connectivity index (χ1v) is 6.51. The summed E-state index contributed by atoms with van der Waals surface area (Å²) in [5.74, 6) is -0.758. The molecule has 1 atom stereocenters. The Morgan fingerprint density at radius 3 is 2.21 bits per heavy atom. The minimum atomic E-state index is -1.02. The summed E-state index contributed by atoms with van der Waals surface area (Å²) in [5.41, 5.74) is 2.36. The van der Waals surface area contributed by atoms with Crippen LogP contribution < -0.4 is 5.32 Å². The Morgan fingerprint density at radius 1 is 1.16 bits per heavy atom. The van der Waals surface area contributed by atoms with Gasteiger partial charge in [-0.3, -0.25) is 9.59 Å². The zero-order valence-electron chi connectivity index (χ0n) is 11.6. The van der Waals surface area contributed by atoms with Crippen molar-refractivity contribution >= 4 is 11.9 Å². The molecule has 0 spiro atoms. The Kier molecular flexibility index (Phi) is 5.55.